The molecule has 0 amide bonds. The van der Waals surface area contributed by atoms with E-state index in [4.69, 9.17) is 4.74 Å². The number of rotatable bonds is 7. The molecule has 2 nitrogen and oxygen atoms in total. The van der Waals surface area contributed by atoms with Gasteiger partial charge in [0.25, 0.3) is 0 Å². The van der Waals surface area contributed by atoms with Crippen LogP contribution in [-0.2, 0) is 17.9 Å². The molecule has 96 valence electrons. The molecule has 1 N–H and O–H groups in total. The van der Waals surface area contributed by atoms with E-state index in [9.17, 15) is 0 Å². The molecular weight excluding hydrogens is 230 g/mol. The van der Waals surface area contributed by atoms with Crippen LogP contribution >= 0.6 is 11.3 Å². The minimum absolute atomic E-state index is 0.541. The number of thiophene rings is 1. The second-order valence-electron chi connectivity index (χ2n) is 5.26. The van der Waals surface area contributed by atoms with Crippen molar-refractivity contribution in [3.63, 3.8) is 0 Å². The first kappa shape index (κ1) is 13.1. The predicted octanol–water partition coefficient (Wildman–Crippen LogP) is 3.56. The maximum Gasteiger partial charge on any atom is 0.0813 e. The van der Waals surface area contributed by atoms with E-state index in [-0.39, 0.29) is 0 Å². The Morgan fingerprint density at radius 3 is 2.76 bits per heavy atom. The van der Waals surface area contributed by atoms with Crippen LogP contribution in [0.4, 0.5) is 0 Å². The minimum Gasteiger partial charge on any atom is -0.373 e. The molecule has 0 radical (unpaired) electrons. The Kier molecular flexibility index (Phi) is 5.01. The molecule has 0 aliphatic heterocycles. The van der Waals surface area contributed by atoms with Crippen molar-refractivity contribution in [1.82, 2.24) is 5.32 Å². The summed E-state index contributed by atoms with van der Waals surface area (Å²) >= 11 is 1.87. The van der Waals surface area contributed by atoms with Crippen molar-refractivity contribution in [3.05, 3.63) is 21.9 Å². The van der Waals surface area contributed by atoms with Gasteiger partial charge in [-0.2, -0.15) is 0 Å². The van der Waals surface area contributed by atoms with Crippen molar-refractivity contribution >= 4 is 11.3 Å². The lowest BCUT2D eigenvalue weighted by Crippen LogP contribution is -2.20. The van der Waals surface area contributed by atoms with Crippen molar-refractivity contribution in [3.8, 4) is 0 Å². The zero-order valence-corrected chi connectivity index (χ0v) is 11.7. The van der Waals surface area contributed by atoms with Crippen LogP contribution in [-0.4, -0.2) is 12.6 Å². The zero-order valence-electron chi connectivity index (χ0n) is 10.9. The van der Waals surface area contributed by atoms with Gasteiger partial charge in [0.05, 0.1) is 12.7 Å². The third-order valence-corrected chi connectivity index (χ3v) is 4.14. The fourth-order valence-corrected chi connectivity index (χ4v) is 2.73. The van der Waals surface area contributed by atoms with Crippen LogP contribution in [0.1, 0.15) is 42.9 Å². The van der Waals surface area contributed by atoms with Crippen LogP contribution in [0, 0.1) is 5.92 Å². The first-order valence-electron chi connectivity index (χ1n) is 6.64. The van der Waals surface area contributed by atoms with Crippen molar-refractivity contribution in [1.29, 1.82) is 0 Å². The summed E-state index contributed by atoms with van der Waals surface area (Å²) in [5, 5.41) is 3.47. The van der Waals surface area contributed by atoms with Gasteiger partial charge in [-0.3, -0.25) is 0 Å². The third-order valence-electron chi connectivity index (χ3n) is 3.08. The van der Waals surface area contributed by atoms with Crippen LogP contribution in [0.25, 0.3) is 0 Å². The molecule has 1 aromatic heterocycles. The van der Waals surface area contributed by atoms with E-state index in [2.05, 4.69) is 31.3 Å². The lowest BCUT2D eigenvalue weighted by Gasteiger charge is -2.25. The van der Waals surface area contributed by atoms with Gasteiger partial charge in [0, 0.05) is 16.3 Å². The highest BCUT2D eigenvalue weighted by Crippen LogP contribution is 2.25. The van der Waals surface area contributed by atoms with Gasteiger partial charge in [-0.1, -0.05) is 13.8 Å². The van der Waals surface area contributed by atoms with E-state index in [1.807, 2.05) is 11.3 Å². The Labute approximate surface area is 108 Å². The molecule has 17 heavy (non-hydrogen) atoms. The highest BCUT2D eigenvalue weighted by molar-refractivity contribution is 7.11. The summed E-state index contributed by atoms with van der Waals surface area (Å²) in [5.41, 5.74) is 0. The smallest absolute Gasteiger partial charge is 0.0813 e. The minimum atomic E-state index is 0.541. The SMILES string of the molecule is CC(C)CNCc1ccc(COC2CCC2)s1. The molecule has 0 unspecified atom stereocenters. The Bertz CT molecular complexity index is 331. The quantitative estimate of drug-likeness (QED) is 0.802. The Morgan fingerprint density at radius 2 is 2.12 bits per heavy atom. The highest BCUT2D eigenvalue weighted by Gasteiger charge is 2.17. The average Bonchev–Trinajstić information content (AvgIpc) is 2.63. The molecular formula is C14H23NOS. The molecule has 1 saturated carbocycles. The molecule has 1 aliphatic rings. The van der Waals surface area contributed by atoms with Crippen molar-refractivity contribution < 1.29 is 4.74 Å². The molecule has 0 bridgehead atoms. The van der Waals surface area contributed by atoms with E-state index in [0.29, 0.717) is 6.10 Å². The number of ether oxygens (including phenoxy) is 1. The van der Waals surface area contributed by atoms with E-state index >= 15 is 0 Å². The van der Waals surface area contributed by atoms with Gasteiger partial charge in [-0.15, -0.1) is 11.3 Å². The van der Waals surface area contributed by atoms with Crippen molar-refractivity contribution in [2.24, 2.45) is 5.92 Å². The first-order valence-corrected chi connectivity index (χ1v) is 7.45. The van der Waals surface area contributed by atoms with E-state index in [1.54, 1.807) is 0 Å². The fourth-order valence-electron chi connectivity index (χ4n) is 1.82. The molecule has 0 aromatic carbocycles. The van der Waals surface area contributed by atoms with Crippen LogP contribution in [0.5, 0.6) is 0 Å². The van der Waals surface area contributed by atoms with Crippen LogP contribution in [0.2, 0.25) is 0 Å². The molecule has 1 heterocycles. The number of hydrogen-bond donors (Lipinski definition) is 1. The second-order valence-corrected chi connectivity index (χ2v) is 6.51. The topological polar surface area (TPSA) is 21.3 Å². The van der Waals surface area contributed by atoms with E-state index in [0.717, 1.165) is 25.6 Å². The predicted molar refractivity (Wildman–Crippen MR) is 73.3 cm³/mol. The maximum absolute atomic E-state index is 5.81. The molecule has 0 spiro atoms. The average molecular weight is 253 g/mol. The molecule has 3 heteroatoms. The van der Waals surface area contributed by atoms with Gasteiger partial charge in [-0.25, -0.2) is 0 Å². The van der Waals surface area contributed by atoms with Gasteiger partial charge in [0.15, 0.2) is 0 Å². The highest BCUT2D eigenvalue weighted by atomic mass is 32.1. The molecule has 1 aromatic rings. The van der Waals surface area contributed by atoms with Crippen LogP contribution in [0.3, 0.4) is 0 Å². The van der Waals surface area contributed by atoms with E-state index < -0.39 is 0 Å². The molecule has 0 saturated heterocycles. The zero-order chi connectivity index (χ0) is 12.1. The van der Waals surface area contributed by atoms with Gasteiger partial charge in [0.2, 0.25) is 0 Å². The summed E-state index contributed by atoms with van der Waals surface area (Å²) in [6, 6.07) is 4.42. The number of nitrogens with one attached hydrogen (secondary N) is 1. The molecule has 1 aliphatic carbocycles. The molecule has 1 fully saturated rings. The van der Waals surface area contributed by atoms with Gasteiger partial charge in [0.1, 0.15) is 0 Å². The normalized spacial score (nSPS) is 16.4. The summed E-state index contributed by atoms with van der Waals surface area (Å²) in [6.07, 6.45) is 4.40. The van der Waals surface area contributed by atoms with E-state index in [1.165, 1.54) is 29.0 Å². The fraction of sp³-hybridized carbons (Fsp3) is 0.714. The summed E-state index contributed by atoms with van der Waals surface area (Å²) in [6.45, 7) is 7.36. The van der Waals surface area contributed by atoms with Gasteiger partial charge >= 0.3 is 0 Å². The maximum atomic E-state index is 5.81. The van der Waals surface area contributed by atoms with Crippen molar-refractivity contribution in [2.75, 3.05) is 6.54 Å². The van der Waals surface area contributed by atoms with Crippen molar-refractivity contribution in [2.45, 2.75) is 52.4 Å². The summed E-state index contributed by atoms with van der Waals surface area (Å²) in [5.74, 6) is 0.719. The largest absolute Gasteiger partial charge is 0.373 e. The lowest BCUT2D eigenvalue weighted by molar-refractivity contribution is -0.00744. The Balaban J connectivity index is 1.67. The number of hydrogen-bond acceptors (Lipinski definition) is 3. The summed E-state index contributed by atoms with van der Waals surface area (Å²) in [7, 11) is 0. The standard InChI is InChI=1S/C14H23NOS/c1-11(2)8-15-9-13-6-7-14(17-13)10-16-12-4-3-5-12/h6-7,11-12,15H,3-5,8-10H2,1-2H3. The second kappa shape index (κ2) is 6.53. The summed E-state index contributed by atoms with van der Waals surface area (Å²) in [4.78, 5) is 2.77. The Morgan fingerprint density at radius 1 is 1.35 bits per heavy atom. The first-order chi connectivity index (χ1) is 8.24. The monoisotopic (exact) mass is 253 g/mol. The van der Waals surface area contributed by atoms with Crippen LogP contribution in [0.15, 0.2) is 12.1 Å². The van der Waals surface area contributed by atoms with Gasteiger partial charge in [-0.05, 0) is 43.9 Å². The molecule has 2 rings (SSSR count). The Hall–Kier alpha value is -0.380. The third kappa shape index (κ3) is 4.41. The molecule has 0 atom stereocenters. The summed E-state index contributed by atoms with van der Waals surface area (Å²) < 4.78 is 5.81. The van der Waals surface area contributed by atoms with Crippen LogP contribution < -0.4 is 5.32 Å². The lowest BCUT2D eigenvalue weighted by atomic mass is 9.96. The van der Waals surface area contributed by atoms with Gasteiger partial charge < -0.3 is 10.1 Å².